The average molecular weight is 522 g/mol. The lowest BCUT2D eigenvalue weighted by molar-refractivity contribution is 1.18. The molecule has 0 saturated carbocycles. The van der Waals surface area contributed by atoms with Gasteiger partial charge in [-0.2, -0.15) is 0 Å². The number of para-hydroxylation sites is 2. The van der Waals surface area contributed by atoms with E-state index < -0.39 is 0 Å². The number of fused-ring (bicyclic) bond motifs is 6. The van der Waals surface area contributed by atoms with Crippen LogP contribution in [-0.2, 0) is 0 Å². The van der Waals surface area contributed by atoms with Crippen molar-refractivity contribution < 1.29 is 0 Å². The van der Waals surface area contributed by atoms with Gasteiger partial charge in [-0.25, -0.2) is 9.97 Å². The molecule has 0 amide bonds. The summed E-state index contributed by atoms with van der Waals surface area (Å²) in [4.78, 5) is 9.89. The number of hydrogen-bond acceptors (Lipinski definition) is 2. The molecule has 2 aromatic heterocycles. The van der Waals surface area contributed by atoms with Crippen molar-refractivity contribution in [3.8, 4) is 50.6 Å². The molecule has 9 rings (SSSR count). The van der Waals surface area contributed by atoms with Crippen LogP contribution in [0.2, 0.25) is 0 Å². The van der Waals surface area contributed by atoms with Gasteiger partial charge in [-0.15, -0.1) is 0 Å². The third kappa shape index (κ3) is 3.20. The van der Waals surface area contributed by atoms with Crippen molar-refractivity contribution in [2.24, 2.45) is 0 Å². The summed E-state index contributed by atoms with van der Waals surface area (Å²) in [5.41, 5.74) is 11.5. The Labute approximate surface area is 237 Å². The molecular weight excluding hydrogens is 498 g/mol. The molecule has 1 aliphatic carbocycles. The summed E-state index contributed by atoms with van der Waals surface area (Å²) < 4.78 is 2.36. The van der Waals surface area contributed by atoms with Crippen LogP contribution in [0.5, 0.6) is 0 Å². The molecule has 1 aliphatic rings. The minimum Gasteiger partial charge on any atom is -0.309 e. The standard InChI is InChI=1S/C38H23N3/c1-2-11-27(12-3-1)41-33-17-5-4-13-30(33)36-28(14-8-18-34(36)41)24-19-21-26(22-20-24)38-39-23-32-29-15-6-9-25-10-7-16-31(35(25)29)37(32)40-38/h1-23H. The third-order valence-corrected chi connectivity index (χ3v) is 8.40. The number of hydrogen-bond donors (Lipinski definition) is 0. The molecule has 0 saturated heterocycles. The van der Waals surface area contributed by atoms with Crippen molar-refractivity contribution in [2.75, 3.05) is 0 Å². The molecule has 0 radical (unpaired) electrons. The van der Waals surface area contributed by atoms with Crippen molar-refractivity contribution in [1.29, 1.82) is 0 Å². The monoisotopic (exact) mass is 521 g/mol. The molecule has 8 aromatic rings. The van der Waals surface area contributed by atoms with Crippen molar-refractivity contribution in [3.63, 3.8) is 0 Å². The van der Waals surface area contributed by atoms with Gasteiger partial charge in [0.05, 0.1) is 16.7 Å². The molecular formula is C38H23N3. The summed E-state index contributed by atoms with van der Waals surface area (Å²) in [5, 5.41) is 5.03. The third-order valence-electron chi connectivity index (χ3n) is 8.40. The second-order valence-corrected chi connectivity index (χ2v) is 10.6. The summed E-state index contributed by atoms with van der Waals surface area (Å²) >= 11 is 0. The molecule has 3 nitrogen and oxygen atoms in total. The molecule has 0 N–H and O–H groups in total. The van der Waals surface area contributed by atoms with Gasteiger partial charge >= 0.3 is 0 Å². The molecule has 0 fully saturated rings. The van der Waals surface area contributed by atoms with E-state index >= 15 is 0 Å². The first-order valence-electron chi connectivity index (χ1n) is 13.9. The van der Waals surface area contributed by atoms with Gasteiger partial charge in [0.2, 0.25) is 0 Å². The van der Waals surface area contributed by atoms with Crippen molar-refractivity contribution in [3.05, 3.63) is 140 Å². The lowest BCUT2D eigenvalue weighted by Gasteiger charge is -2.09. The first-order chi connectivity index (χ1) is 20.3. The zero-order valence-electron chi connectivity index (χ0n) is 22.1. The minimum atomic E-state index is 0.749. The van der Waals surface area contributed by atoms with Gasteiger partial charge in [0.25, 0.3) is 0 Å². The van der Waals surface area contributed by atoms with Crippen molar-refractivity contribution in [2.45, 2.75) is 0 Å². The van der Waals surface area contributed by atoms with E-state index in [1.54, 1.807) is 0 Å². The van der Waals surface area contributed by atoms with Crippen LogP contribution < -0.4 is 0 Å². The molecule has 190 valence electrons. The molecule has 6 aromatic carbocycles. The van der Waals surface area contributed by atoms with Gasteiger partial charge in [-0.3, -0.25) is 0 Å². The van der Waals surface area contributed by atoms with Gasteiger partial charge in [-0.05, 0) is 51.7 Å². The van der Waals surface area contributed by atoms with Gasteiger partial charge in [0.1, 0.15) is 0 Å². The van der Waals surface area contributed by atoms with Crippen LogP contribution in [-0.4, -0.2) is 14.5 Å². The highest BCUT2D eigenvalue weighted by Crippen LogP contribution is 2.46. The fraction of sp³-hybridized carbons (Fsp3) is 0. The Hall–Kier alpha value is -5.54. The second kappa shape index (κ2) is 8.48. The Morgan fingerprint density at radius 3 is 2.00 bits per heavy atom. The van der Waals surface area contributed by atoms with E-state index in [1.165, 1.54) is 54.8 Å². The van der Waals surface area contributed by atoms with Crippen LogP contribution in [0.3, 0.4) is 0 Å². The number of benzene rings is 6. The Morgan fingerprint density at radius 2 is 1.15 bits per heavy atom. The van der Waals surface area contributed by atoms with Crippen LogP contribution in [0.1, 0.15) is 0 Å². The summed E-state index contributed by atoms with van der Waals surface area (Å²) in [6.45, 7) is 0. The maximum Gasteiger partial charge on any atom is 0.159 e. The summed E-state index contributed by atoms with van der Waals surface area (Å²) in [5.74, 6) is 0.749. The summed E-state index contributed by atoms with van der Waals surface area (Å²) in [6.07, 6.45) is 1.99. The molecule has 2 heterocycles. The Balaban J connectivity index is 1.17. The van der Waals surface area contributed by atoms with Crippen LogP contribution >= 0.6 is 0 Å². The highest BCUT2D eigenvalue weighted by atomic mass is 15.0. The molecule has 0 atom stereocenters. The zero-order valence-corrected chi connectivity index (χ0v) is 22.1. The minimum absolute atomic E-state index is 0.749. The van der Waals surface area contributed by atoms with E-state index in [1.807, 2.05) is 6.20 Å². The van der Waals surface area contributed by atoms with E-state index in [0.29, 0.717) is 0 Å². The fourth-order valence-electron chi connectivity index (χ4n) is 6.60. The topological polar surface area (TPSA) is 30.7 Å². The molecule has 0 aliphatic heterocycles. The predicted molar refractivity (Wildman–Crippen MR) is 169 cm³/mol. The first-order valence-corrected chi connectivity index (χ1v) is 13.9. The van der Waals surface area contributed by atoms with Crippen molar-refractivity contribution in [1.82, 2.24) is 14.5 Å². The highest BCUT2D eigenvalue weighted by Gasteiger charge is 2.23. The highest BCUT2D eigenvalue weighted by molar-refractivity contribution is 6.16. The Kier molecular flexibility index (Phi) is 4.61. The zero-order chi connectivity index (χ0) is 26.9. The number of rotatable bonds is 3. The molecule has 0 bridgehead atoms. The average Bonchev–Trinajstić information content (AvgIpc) is 3.56. The van der Waals surface area contributed by atoms with E-state index in [9.17, 15) is 0 Å². The quantitative estimate of drug-likeness (QED) is 0.232. The van der Waals surface area contributed by atoms with Crippen LogP contribution in [0.4, 0.5) is 0 Å². The summed E-state index contributed by atoms with van der Waals surface area (Å²) in [6, 6.07) is 47.5. The van der Waals surface area contributed by atoms with Crippen LogP contribution in [0.25, 0.3) is 83.2 Å². The second-order valence-electron chi connectivity index (χ2n) is 10.6. The van der Waals surface area contributed by atoms with Gasteiger partial charge in [-0.1, -0.05) is 109 Å². The van der Waals surface area contributed by atoms with E-state index in [-0.39, 0.29) is 0 Å². The first kappa shape index (κ1) is 22.3. The van der Waals surface area contributed by atoms with E-state index in [2.05, 4.69) is 138 Å². The van der Waals surface area contributed by atoms with Gasteiger partial charge in [0, 0.05) is 39.3 Å². The normalized spacial score (nSPS) is 11.9. The van der Waals surface area contributed by atoms with Crippen LogP contribution in [0, 0.1) is 0 Å². The Morgan fingerprint density at radius 1 is 0.463 bits per heavy atom. The molecule has 0 spiro atoms. The smallest absolute Gasteiger partial charge is 0.159 e. The lowest BCUT2D eigenvalue weighted by Crippen LogP contribution is -1.93. The fourth-order valence-corrected chi connectivity index (χ4v) is 6.60. The maximum absolute atomic E-state index is 5.08. The lowest BCUT2D eigenvalue weighted by atomic mass is 9.98. The number of nitrogens with zero attached hydrogens (tertiary/aromatic N) is 3. The number of aromatic nitrogens is 3. The van der Waals surface area contributed by atoms with Gasteiger partial charge in [0.15, 0.2) is 5.82 Å². The predicted octanol–water partition coefficient (Wildman–Crippen LogP) is 9.71. The van der Waals surface area contributed by atoms with Gasteiger partial charge < -0.3 is 4.57 Å². The van der Waals surface area contributed by atoms with Crippen molar-refractivity contribution >= 4 is 32.6 Å². The Bertz CT molecular complexity index is 2290. The maximum atomic E-state index is 5.08. The van der Waals surface area contributed by atoms with E-state index in [0.717, 1.165) is 28.3 Å². The SMILES string of the molecule is c1ccc(-n2c3ccccc3c3c(-c4ccc(-c5ncc6c(n5)-c5cccc7cccc-6c57)cc4)cccc32)cc1. The molecule has 0 unspecified atom stereocenters. The molecule has 3 heteroatoms. The van der Waals surface area contributed by atoms with E-state index in [4.69, 9.17) is 9.97 Å². The summed E-state index contributed by atoms with van der Waals surface area (Å²) in [7, 11) is 0. The van der Waals surface area contributed by atoms with Crippen LogP contribution in [0.15, 0.2) is 140 Å². The molecule has 41 heavy (non-hydrogen) atoms. The largest absolute Gasteiger partial charge is 0.309 e.